The number of hydrogen-bond acceptors (Lipinski definition) is 2. The molecule has 0 radical (unpaired) electrons. The zero-order valence-electron chi connectivity index (χ0n) is 10.9. The SMILES string of the molecule is Cc1ccc(F)cc1C(NN)c1cc(F)ccc1C. The van der Waals surface area contributed by atoms with Crippen LogP contribution in [0.5, 0.6) is 0 Å². The Morgan fingerprint density at radius 1 is 0.895 bits per heavy atom. The topological polar surface area (TPSA) is 38.0 Å². The van der Waals surface area contributed by atoms with Gasteiger partial charge in [0.05, 0.1) is 6.04 Å². The number of halogens is 2. The summed E-state index contributed by atoms with van der Waals surface area (Å²) in [5.74, 6) is 4.90. The second-order valence-corrected chi connectivity index (χ2v) is 4.60. The van der Waals surface area contributed by atoms with Crippen LogP contribution >= 0.6 is 0 Å². The Bertz CT molecular complexity index is 545. The summed E-state index contributed by atoms with van der Waals surface area (Å²) < 4.78 is 26.8. The van der Waals surface area contributed by atoms with Gasteiger partial charge in [-0.1, -0.05) is 12.1 Å². The van der Waals surface area contributed by atoms with Crippen LogP contribution in [-0.4, -0.2) is 0 Å². The van der Waals surface area contributed by atoms with Gasteiger partial charge in [-0.2, -0.15) is 0 Å². The number of rotatable bonds is 3. The summed E-state index contributed by atoms with van der Waals surface area (Å²) in [7, 11) is 0. The summed E-state index contributed by atoms with van der Waals surface area (Å²) in [4.78, 5) is 0. The molecule has 3 N–H and O–H groups in total. The minimum atomic E-state index is -0.439. The van der Waals surface area contributed by atoms with Crippen molar-refractivity contribution in [2.75, 3.05) is 0 Å². The Hall–Kier alpha value is -1.78. The van der Waals surface area contributed by atoms with Crippen molar-refractivity contribution in [3.8, 4) is 0 Å². The lowest BCUT2D eigenvalue weighted by Gasteiger charge is -2.21. The average Bonchev–Trinajstić information content (AvgIpc) is 2.38. The zero-order chi connectivity index (χ0) is 14.0. The van der Waals surface area contributed by atoms with Gasteiger partial charge < -0.3 is 0 Å². The van der Waals surface area contributed by atoms with Crippen molar-refractivity contribution in [1.82, 2.24) is 5.43 Å². The van der Waals surface area contributed by atoms with Crippen LogP contribution in [-0.2, 0) is 0 Å². The highest BCUT2D eigenvalue weighted by atomic mass is 19.1. The molecule has 0 aromatic heterocycles. The highest BCUT2D eigenvalue weighted by Crippen LogP contribution is 2.27. The Labute approximate surface area is 111 Å². The molecular weight excluding hydrogens is 246 g/mol. The molecule has 100 valence electrons. The van der Waals surface area contributed by atoms with Crippen LogP contribution in [0.25, 0.3) is 0 Å². The van der Waals surface area contributed by atoms with Crippen LogP contribution in [0.15, 0.2) is 36.4 Å². The van der Waals surface area contributed by atoms with E-state index in [0.717, 1.165) is 11.1 Å². The highest BCUT2D eigenvalue weighted by Gasteiger charge is 2.18. The predicted molar refractivity (Wildman–Crippen MR) is 71.4 cm³/mol. The van der Waals surface area contributed by atoms with Crippen molar-refractivity contribution >= 4 is 0 Å². The minimum absolute atomic E-state index is 0.338. The standard InChI is InChI=1S/C15H16F2N2/c1-9-3-5-11(16)7-13(9)15(19-18)14-8-12(17)6-4-10(14)2/h3-8,15,19H,18H2,1-2H3. The molecule has 0 amide bonds. The Morgan fingerprint density at radius 2 is 1.32 bits per heavy atom. The van der Waals surface area contributed by atoms with E-state index in [2.05, 4.69) is 5.43 Å². The molecule has 2 aromatic rings. The number of benzene rings is 2. The van der Waals surface area contributed by atoms with Gasteiger partial charge in [0.2, 0.25) is 0 Å². The molecule has 4 heteroatoms. The number of nitrogens with two attached hydrogens (primary N) is 1. The maximum atomic E-state index is 13.4. The summed E-state index contributed by atoms with van der Waals surface area (Å²) >= 11 is 0. The lowest BCUT2D eigenvalue weighted by molar-refractivity contribution is 0.590. The minimum Gasteiger partial charge on any atom is -0.271 e. The molecule has 0 atom stereocenters. The van der Waals surface area contributed by atoms with E-state index in [1.54, 1.807) is 12.1 Å². The van der Waals surface area contributed by atoms with Crippen molar-refractivity contribution in [3.05, 3.63) is 70.3 Å². The van der Waals surface area contributed by atoms with Gasteiger partial charge in [-0.15, -0.1) is 0 Å². The van der Waals surface area contributed by atoms with Crippen LogP contribution in [0.4, 0.5) is 8.78 Å². The van der Waals surface area contributed by atoms with E-state index < -0.39 is 6.04 Å². The van der Waals surface area contributed by atoms with Crippen molar-refractivity contribution in [3.63, 3.8) is 0 Å². The fraction of sp³-hybridized carbons (Fsp3) is 0.200. The van der Waals surface area contributed by atoms with E-state index in [4.69, 9.17) is 5.84 Å². The number of nitrogens with one attached hydrogen (secondary N) is 1. The molecule has 19 heavy (non-hydrogen) atoms. The molecule has 0 aliphatic rings. The summed E-state index contributed by atoms with van der Waals surface area (Å²) in [5.41, 5.74) is 5.84. The highest BCUT2D eigenvalue weighted by molar-refractivity contribution is 5.40. The molecule has 2 rings (SSSR count). The third kappa shape index (κ3) is 2.80. The summed E-state index contributed by atoms with van der Waals surface area (Å²) in [6.45, 7) is 3.74. The first-order chi connectivity index (χ1) is 9.02. The van der Waals surface area contributed by atoms with Crippen LogP contribution in [0.3, 0.4) is 0 Å². The lowest BCUT2D eigenvalue weighted by Crippen LogP contribution is -2.30. The first kappa shape index (κ1) is 13.6. The number of hydrogen-bond donors (Lipinski definition) is 2. The Kier molecular flexibility index (Phi) is 3.93. The van der Waals surface area contributed by atoms with Crippen molar-refractivity contribution in [1.29, 1.82) is 0 Å². The molecular formula is C15H16F2N2. The summed E-state index contributed by atoms with van der Waals surface area (Å²) in [5, 5.41) is 0. The lowest BCUT2D eigenvalue weighted by atomic mass is 9.92. The molecule has 2 nitrogen and oxygen atoms in total. The molecule has 0 spiro atoms. The van der Waals surface area contributed by atoms with Crippen LogP contribution in [0, 0.1) is 25.5 Å². The van der Waals surface area contributed by atoms with E-state index in [1.165, 1.54) is 24.3 Å². The first-order valence-electron chi connectivity index (χ1n) is 6.01. The van der Waals surface area contributed by atoms with Gasteiger partial charge in [0.15, 0.2) is 0 Å². The smallest absolute Gasteiger partial charge is 0.123 e. The molecule has 0 heterocycles. The van der Waals surface area contributed by atoms with Gasteiger partial charge in [-0.25, -0.2) is 14.2 Å². The maximum Gasteiger partial charge on any atom is 0.123 e. The van der Waals surface area contributed by atoms with Gasteiger partial charge in [0.25, 0.3) is 0 Å². The largest absolute Gasteiger partial charge is 0.271 e. The number of hydrazine groups is 1. The fourth-order valence-electron chi connectivity index (χ4n) is 2.19. The average molecular weight is 262 g/mol. The first-order valence-corrected chi connectivity index (χ1v) is 6.01. The molecule has 0 aliphatic carbocycles. The monoisotopic (exact) mass is 262 g/mol. The van der Waals surface area contributed by atoms with E-state index in [1.807, 2.05) is 13.8 Å². The summed E-state index contributed by atoms with van der Waals surface area (Å²) in [6.07, 6.45) is 0. The number of aryl methyl sites for hydroxylation is 2. The van der Waals surface area contributed by atoms with Gasteiger partial charge in [0.1, 0.15) is 11.6 Å². The summed E-state index contributed by atoms with van der Waals surface area (Å²) in [6, 6.07) is 8.56. The molecule has 0 saturated carbocycles. The van der Waals surface area contributed by atoms with Crippen LogP contribution < -0.4 is 11.3 Å². The Morgan fingerprint density at radius 3 is 1.68 bits per heavy atom. The molecule has 0 unspecified atom stereocenters. The van der Waals surface area contributed by atoms with Crippen LogP contribution in [0.1, 0.15) is 28.3 Å². The quantitative estimate of drug-likeness (QED) is 0.658. The van der Waals surface area contributed by atoms with Gasteiger partial charge in [-0.3, -0.25) is 5.84 Å². The third-order valence-electron chi connectivity index (χ3n) is 3.27. The second kappa shape index (κ2) is 5.47. The van der Waals surface area contributed by atoms with E-state index >= 15 is 0 Å². The normalized spacial score (nSPS) is 11.1. The molecule has 0 aliphatic heterocycles. The van der Waals surface area contributed by atoms with E-state index in [0.29, 0.717) is 11.1 Å². The van der Waals surface area contributed by atoms with E-state index in [-0.39, 0.29) is 11.6 Å². The van der Waals surface area contributed by atoms with E-state index in [9.17, 15) is 8.78 Å². The van der Waals surface area contributed by atoms with Gasteiger partial charge in [0, 0.05) is 0 Å². The third-order valence-corrected chi connectivity index (χ3v) is 3.27. The molecule has 0 fully saturated rings. The van der Waals surface area contributed by atoms with Crippen LogP contribution in [0.2, 0.25) is 0 Å². The Balaban J connectivity index is 2.55. The van der Waals surface area contributed by atoms with Crippen molar-refractivity contribution in [2.45, 2.75) is 19.9 Å². The van der Waals surface area contributed by atoms with Gasteiger partial charge in [-0.05, 0) is 60.4 Å². The molecule has 0 saturated heterocycles. The van der Waals surface area contributed by atoms with Crippen molar-refractivity contribution in [2.24, 2.45) is 5.84 Å². The molecule has 2 aromatic carbocycles. The second-order valence-electron chi connectivity index (χ2n) is 4.60. The predicted octanol–water partition coefficient (Wildman–Crippen LogP) is 3.13. The fourth-order valence-corrected chi connectivity index (χ4v) is 2.19. The zero-order valence-corrected chi connectivity index (χ0v) is 10.9. The molecule has 0 bridgehead atoms. The van der Waals surface area contributed by atoms with Gasteiger partial charge >= 0.3 is 0 Å². The maximum absolute atomic E-state index is 13.4. The van der Waals surface area contributed by atoms with Crippen molar-refractivity contribution < 1.29 is 8.78 Å².